The Morgan fingerprint density at radius 2 is 2.00 bits per heavy atom. The van der Waals surface area contributed by atoms with Gasteiger partial charge >= 0.3 is 6.01 Å². The fourth-order valence-corrected chi connectivity index (χ4v) is 2.12. The molecule has 1 aliphatic heterocycles. The molecule has 1 saturated carbocycles. The van der Waals surface area contributed by atoms with Gasteiger partial charge in [0.05, 0.1) is 18.8 Å². The highest BCUT2D eigenvalue weighted by Gasteiger charge is 2.31. The number of aliphatic hydroxyl groups excluding tert-OH is 2. The first-order valence-corrected chi connectivity index (χ1v) is 6.33. The Morgan fingerprint density at radius 1 is 1.32 bits per heavy atom. The lowest BCUT2D eigenvalue weighted by Gasteiger charge is -2.12. The second-order valence-corrected chi connectivity index (χ2v) is 5.10. The molecule has 1 aromatic rings. The number of anilines is 1. The van der Waals surface area contributed by atoms with Crippen molar-refractivity contribution in [3.8, 4) is 0 Å². The summed E-state index contributed by atoms with van der Waals surface area (Å²) in [6, 6.07) is 0.104. The van der Waals surface area contributed by atoms with E-state index >= 15 is 0 Å². The summed E-state index contributed by atoms with van der Waals surface area (Å²) in [7, 11) is 0. The van der Waals surface area contributed by atoms with Crippen molar-refractivity contribution in [2.75, 3.05) is 25.0 Å². The van der Waals surface area contributed by atoms with Crippen LogP contribution in [0, 0.1) is 0 Å². The van der Waals surface area contributed by atoms with Gasteiger partial charge in [-0.1, -0.05) is 5.10 Å². The number of aromatic nitrogens is 2. The average Bonchev–Trinajstić information content (AvgIpc) is 3.02. The van der Waals surface area contributed by atoms with E-state index in [9.17, 15) is 15.0 Å². The first-order chi connectivity index (χ1) is 9.11. The van der Waals surface area contributed by atoms with Crippen LogP contribution in [-0.2, 0) is 4.79 Å². The third-order valence-electron chi connectivity index (χ3n) is 3.32. The fraction of sp³-hybridized carbons (Fsp3) is 0.727. The number of rotatable bonds is 4. The first kappa shape index (κ1) is 12.5. The van der Waals surface area contributed by atoms with Gasteiger partial charge in [0.15, 0.2) is 0 Å². The normalized spacial score (nSPS) is 27.7. The van der Waals surface area contributed by atoms with Crippen LogP contribution in [0.2, 0.25) is 0 Å². The quantitative estimate of drug-likeness (QED) is 0.637. The van der Waals surface area contributed by atoms with Crippen LogP contribution in [0.1, 0.15) is 24.7 Å². The average molecular weight is 268 g/mol. The Kier molecular flexibility index (Phi) is 3.21. The second-order valence-electron chi connectivity index (χ2n) is 5.10. The lowest BCUT2D eigenvalue weighted by Crippen LogP contribution is -2.32. The van der Waals surface area contributed by atoms with E-state index in [1.54, 1.807) is 4.90 Å². The predicted molar refractivity (Wildman–Crippen MR) is 63.4 cm³/mol. The number of carbonyl (C=O) groups excluding carboxylic acids is 1. The zero-order valence-electron chi connectivity index (χ0n) is 10.3. The van der Waals surface area contributed by atoms with Gasteiger partial charge in [-0.25, -0.2) is 0 Å². The maximum atomic E-state index is 11.7. The minimum Gasteiger partial charge on any atom is -0.408 e. The summed E-state index contributed by atoms with van der Waals surface area (Å²) >= 11 is 0. The zero-order chi connectivity index (χ0) is 13.4. The molecule has 1 aliphatic carbocycles. The first-order valence-electron chi connectivity index (χ1n) is 6.33. The Labute approximate surface area is 109 Å². The molecule has 1 amide bonds. The molecule has 8 heteroatoms. The number of carbonyl (C=O) groups is 1. The molecule has 104 valence electrons. The molecular formula is C11H16N4O4. The molecule has 8 nitrogen and oxygen atoms in total. The van der Waals surface area contributed by atoms with Crippen LogP contribution in [0.5, 0.6) is 0 Å². The number of nitrogens with zero attached hydrogens (tertiary/aromatic N) is 3. The van der Waals surface area contributed by atoms with Crippen LogP contribution in [-0.4, -0.2) is 63.1 Å². The van der Waals surface area contributed by atoms with E-state index in [4.69, 9.17) is 4.42 Å². The van der Waals surface area contributed by atoms with Gasteiger partial charge in [0.1, 0.15) is 0 Å². The molecule has 1 aromatic heterocycles. The standard InChI is InChI=1S/C11H16N4O4/c16-7-3-15(4-8(7)17)5-9(18)12-11-14-13-10(19-11)6-1-2-6/h6-8,16-17H,1-5H2,(H,12,14,18)/t7-,8+. The molecule has 2 fully saturated rings. The van der Waals surface area contributed by atoms with E-state index in [0.29, 0.717) is 11.8 Å². The third-order valence-corrected chi connectivity index (χ3v) is 3.32. The summed E-state index contributed by atoms with van der Waals surface area (Å²) < 4.78 is 5.31. The van der Waals surface area contributed by atoms with Crippen LogP contribution < -0.4 is 5.32 Å². The SMILES string of the molecule is O=C(CN1C[C@@H](O)[C@@H](O)C1)Nc1nnc(C2CC2)o1. The van der Waals surface area contributed by atoms with Crippen molar-refractivity contribution in [1.82, 2.24) is 15.1 Å². The van der Waals surface area contributed by atoms with E-state index < -0.39 is 12.2 Å². The minimum absolute atomic E-state index is 0.0786. The van der Waals surface area contributed by atoms with E-state index in [1.807, 2.05) is 0 Å². The van der Waals surface area contributed by atoms with Gasteiger partial charge in [-0.15, -0.1) is 5.10 Å². The summed E-state index contributed by atoms with van der Waals surface area (Å²) in [4.78, 5) is 13.4. The number of nitrogens with one attached hydrogen (secondary N) is 1. The number of amides is 1. The topological polar surface area (TPSA) is 112 Å². The van der Waals surface area contributed by atoms with Crippen LogP contribution in [0.4, 0.5) is 6.01 Å². The van der Waals surface area contributed by atoms with Crippen molar-refractivity contribution >= 4 is 11.9 Å². The van der Waals surface area contributed by atoms with E-state index in [1.165, 1.54) is 0 Å². The highest BCUT2D eigenvalue weighted by molar-refractivity contribution is 5.90. The molecule has 19 heavy (non-hydrogen) atoms. The van der Waals surface area contributed by atoms with Gasteiger partial charge < -0.3 is 14.6 Å². The van der Waals surface area contributed by atoms with Crippen molar-refractivity contribution in [2.24, 2.45) is 0 Å². The molecule has 3 rings (SSSR count). The van der Waals surface area contributed by atoms with Gasteiger partial charge in [-0.05, 0) is 12.8 Å². The Hall–Kier alpha value is -1.51. The van der Waals surface area contributed by atoms with Crippen molar-refractivity contribution in [2.45, 2.75) is 31.0 Å². The van der Waals surface area contributed by atoms with Crippen LogP contribution in [0.3, 0.4) is 0 Å². The van der Waals surface area contributed by atoms with E-state index in [2.05, 4.69) is 15.5 Å². The van der Waals surface area contributed by atoms with Crippen molar-refractivity contribution in [3.05, 3.63) is 5.89 Å². The molecule has 1 saturated heterocycles. The largest absolute Gasteiger partial charge is 0.408 e. The number of hydrogen-bond donors (Lipinski definition) is 3. The summed E-state index contributed by atoms with van der Waals surface area (Å²) in [6.45, 7) is 0.646. The molecule has 3 N–H and O–H groups in total. The second kappa shape index (κ2) is 4.87. The Bertz CT molecular complexity index is 463. The summed E-state index contributed by atoms with van der Waals surface area (Å²) in [5.74, 6) is 0.622. The highest BCUT2D eigenvalue weighted by Crippen LogP contribution is 2.39. The molecule has 2 heterocycles. The number of likely N-dealkylation sites (tertiary alicyclic amines) is 1. The highest BCUT2D eigenvalue weighted by atomic mass is 16.4. The molecule has 0 spiro atoms. The predicted octanol–water partition coefficient (Wildman–Crippen LogP) is -1.08. The lowest BCUT2D eigenvalue weighted by atomic mass is 10.3. The van der Waals surface area contributed by atoms with Crippen molar-refractivity contribution in [1.29, 1.82) is 0 Å². The van der Waals surface area contributed by atoms with Gasteiger partial charge in [-0.2, -0.15) is 0 Å². The molecule has 0 unspecified atom stereocenters. The van der Waals surface area contributed by atoms with E-state index in [-0.39, 0.29) is 31.6 Å². The van der Waals surface area contributed by atoms with Crippen LogP contribution in [0.25, 0.3) is 0 Å². The number of hydrogen-bond acceptors (Lipinski definition) is 7. The van der Waals surface area contributed by atoms with Gasteiger partial charge in [0, 0.05) is 19.0 Å². The van der Waals surface area contributed by atoms with Crippen molar-refractivity contribution in [3.63, 3.8) is 0 Å². The van der Waals surface area contributed by atoms with Gasteiger partial charge in [0.25, 0.3) is 0 Å². The summed E-state index contributed by atoms with van der Waals surface area (Å²) in [5, 5.41) is 28.9. The Morgan fingerprint density at radius 3 is 2.63 bits per heavy atom. The lowest BCUT2D eigenvalue weighted by molar-refractivity contribution is -0.117. The van der Waals surface area contributed by atoms with Crippen LogP contribution >= 0.6 is 0 Å². The molecular weight excluding hydrogens is 252 g/mol. The monoisotopic (exact) mass is 268 g/mol. The number of aliphatic hydroxyl groups is 2. The molecule has 2 aliphatic rings. The van der Waals surface area contributed by atoms with Gasteiger partial charge in [-0.3, -0.25) is 15.0 Å². The maximum Gasteiger partial charge on any atom is 0.322 e. The minimum atomic E-state index is -0.794. The summed E-state index contributed by atoms with van der Waals surface area (Å²) in [6.07, 6.45) is 0.522. The van der Waals surface area contributed by atoms with Crippen LogP contribution in [0.15, 0.2) is 4.42 Å². The zero-order valence-corrected chi connectivity index (χ0v) is 10.3. The van der Waals surface area contributed by atoms with Gasteiger partial charge in [0.2, 0.25) is 11.8 Å². The number of β-amino-alcohol motifs (C(OH)–C–C–N with tert-alkyl or cyclic N) is 2. The Balaban J connectivity index is 1.50. The fourth-order valence-electron chi connectivity index (χ4n) is 2.12. The van der Waals surface area contributed by atoms with E-state index in [0.717, 1.165) is 12.8 Å². The maximum absolute atomic E-state index is 11.7. The molecule has 2 atom stereocenters. The van der Waals surface area contributed by atoms with Crippen molar-refractivity contribution < 1.29 is 19.4 Å². The molecule has 0 bridgehead atoms. The summed E-state index contributed by atoms with van der Waals surface area (Å²) in [5.41, 5.74) is 0. The third kappa shape index (κ3) is 2.91. The molecule has 0 radical (unpaired) electrons. The smallest absolute Gasteiger partial charge is 0.322 e. The molecule has 0 aromatic carbocycles.